The van der Waals surface area contributed by atoms with Crippen LogP contribution in [0.2, 0.25) is 5.02 Å². The SMILES string of the molecule is COc1ccc(Br)c(CC(=O)c2ccc(Cl)c(N)c2)c1. The molecule has 0 spiro atoms. The summed E-state index contributed by atoms with van der Waals surface area (Å²) < 4.78 is 6.03. The first-order valence-electron chi connectivity index (χ1n) is 5.92. The standard InChI is InChI=1S/C15H13BrClNO2/c1-20-11-3-4-12(16)10(6-11)8-15(19)9-2-5-13(17)14(18)7-9/h2-7H,8,18H2,1H3. The van der Waals surface area contributed by atoms with Crippen molar-refractivity contribution in [3.63, 3.8) is 0 Å². The number of Topliss-reactive ketones (excluding diaryl/α,β-unsaturated/α-hetero) is 1. The monoisotopic (exact) mass is 353 g/mol. The second kappa shape index (κ2) is 6.29. The quantitative estimate of drug-likeness (QED) is 0.664. The third-order valence-electron chi connectivity index (χ3n) is 2.92. The zero-order chi connectivity index (χ0) is 14.7. The van der Waals surface area contributed by atoms with Crippen molar-refractivity contribution in [2.24, 2.45) is 0 Å². The molecule has 0 aliphatic heterocycles. The topological polar surface area (TPSA) is 52.3 Å². The van der Waals surface area contributed by atoms with Gasteiger partial charge >= 0.3 is 0 Å². The largest absolute Gasteiger partial charge is 0.497 e. The minimum absolute atomic E-state index is 0.0256. The number of halogens is 2. The number of benzene rings is 2. The third-order valence-corrected chi connectivity index (χ3v) is 4.04. The van der Waals surface area contributed by atoms with Crippen molar-refractivity contribution in [2.45, 2.75) is 6.42 Å². The van der Waals surface area contributed by atoms with Gasteiger partial charge in [-0.15, -0.1) is 0 Å². The first-order valence-corrected chi connectivity index (χ1v) is 7.09. The second-order valence-electron chi connectivity index (χ2n) is 4.29. The predicted octanol–water partition coefficient (Wildman–Crippen LogP) is 4.12. The lowest BCUT2D eigenvalue weighted by atomic mass is 10.0. The highest BCUT2D eigenvalue weighted by molar-refractivity contribution is 9.10. The Hall–Kier alpha value is -1.52. The van der Waals surface area contributed by atoms with E-state index in [-0.39, 0.29) is 12.2 Å². The molecule has 3 nitrogen and oxygen atoms in total. The molecule has 0 heterocycles. The van der Waals surface area contributed by atoms with Gasteiger partial charge in [0.15, 0.2) is 5.78 Å². The number of carbonyl (C=O) groups is 1. The van der Waals surface area contributed by atoms with Crippen LogP contribution in [-0.2, 0) is 6.42 Å². The molecule has 0 saturated carbocycles. The van der Waals surface area contributed by atoms with Crippen molar-refractivity contribution in [2.75, 3.05) is 12.8 Å². The molecular formula is C15H13BrClNO2. The molecule has 2 aromatic rings. The molecule has 20 heavy (non-hydrogen) atoms. The Morgan fingerprint density at radius 2 is 2.05 bits per heavy atom. The van der Waals surface area contributed by atoms with Crippen molar-refractivity contribution in [1.29, 1.82) is 0 Å². The number of nitrogens with two attached hydrogens (primary N) is 1. The van der Waals surface area contributed by atoms with Gasteiger partial charge in [0.05, 0.1) is 17.8 Å². The number of ether oxygens (including phenoxy) is 1. The van der Waals surface area contributed by atoms with Crippen molar-refractivity contribution in [3.05, 3.63) is 57.0 Å². The Labute approximate surface area is 130 Å². The zero-order valence-electron chi connectivity index (χ0n) is 10.8. The summed E-state index contributed by atoms with van der Waals surface area (Å²) in [7, 11) is 1.59. The van der Waals surface area contributed by atoms with E-state index < -0.39 is 0 Å². The number of nitrogen functional groups attached to an aromatic ring is 1. The van der Waals surface area contributed by atoms with E-state index in [1.54, 1.807) is 25.3 Å². The average Bonchev–Trinajstić information content (AvgIpc) is 2.44. The second-order valence-corrected chi connectivity index (χ2v) is 5.56. The van der Waals surface area contributed by atoms with Gasteiger partial charge in [0.2, 0.25) is 0 Å². The third kappa shape index (κ3) is 3.32. The van der Waals surface area contributed by atoms with Crippen LogP contribution in [0.5, 0.6) is 5.75 Å². The number of anilines is 1. The zero-order valence-corrected chi connectivity index (χ0v) is 13.2. The van der Waals surface area contributed by atoms with Crippen LogP contribution in [0.15, 0.2) is 40.9 Å². The van der Waals surface area contributed by atoms with Gasteiger partial charge in [-0.25, -0.2) is 0 Å². The molecule has 0 fully saturated rings. The Morgan fingerprint density at radius 1 is 1.30 bits per heavy atom. The molecule has 2 rings (SSSR count). The summed E-state index contributed by atoms with van der Waals surface area (Å²) in [4.78, 5) is 12.3. The van der Waals surface area contributed by atoms with Crippen LogP contribution in [-0.4, -0.2) is 12.9 Å². The molecule has 0 atom stereocenters. The average molecular weight is 355 g/mol. The highest BCUT2D eigenvalue weighted by atomic mass is 79.9. The van der Waals surface area contributed by atoms with E-state index in [1.165, 1.54) is 0 Å². The molecule has 104 valence electrons. The van der Waals surface area contributed by atoms with Crippen LogP contribution in [0.4, 0.5) is 5.69 Å². The first-order chi connectivity index (χ1) is 9.51. The lowest BCUT2D eigenvalue weighted by molar-refractivity contribution is 0.0993. The van der Waals surface area contributed by atoms with E-state index in [1.807, 2.05) is 18.2 Å². The van der Waals surface area contributed by atoms with E-state index in [0.29, 0.717) is 22.0 Å². The molecule has 0 aliphatic carbocycles. The van der Waals surface area contributed by atoms with Crippen molar-refractivity contribution in [1.82, 2.24) is 0 Å². The normalized spacial score (nSPS) is 10.3. The van der Waals surface area contributed by atoms with Gasteiger partial charge in [0.25, 0.3) is 0 Å². The molecule has 0 unspecified atom stereocenters. The number of hydrogen-bond donors (Lipinski definition) is 1. The van der Waals surface area contributed by atoms with Crippen molar-refractivity contribution < 1.29 is 9.53 Å². The van der Waals surface area contributed by atoms with Gasteiger partial charge in [0.1, 0.15) is 5.75 Å². The van der Waals surface area contributed by atoms with Crippen LogP contribution in [0.1, 0.15) is 15.9 Å². The van der Waals surface area contributed by atoms with Crippen LogP contribution < -0.4 is 10.5 Å². The molecule has 0 aliphatic rings. The molecule has 0 saturated heterocycles. The van der Waals surface area contributed by atoms with Crippen LogP contribution in [0, 0.1) is 0 Å². The van der Waals surface area contributed by atoms with Crippen LogP contribution in [0.3, 0.4) is 0 Å². The lowest BCUT2D eigenvalue weighted by Crippen LogP contribution is -2.05. The summed E-state index contributed by atoms with van der Waals surface area (Å²) in [6, 6.07) is 10.4. The number of ketones is 1. The number of carbonyl (C=O) groups excluding carboxylic acids is 1. The molecule has 0 aromatic heterocycles. The molecule has 0 amide bonds. The minimum atomic E-state index is -0.0256. The fourth-order valence-electron chi connectivity index (χ4n) is 1.81. The minimum Gasteiger partial charge on any atom is -0.497 e. The predicted molar refractivity (Wildman–Crippen MR) is 84.6 cm³/mol. The summed E-state index contributed by atoms with van der Waals surface area (Å²) in [6.45, 7) is 0. The van der Waals surface area contributed by atoms with Crippen LogP contribution in [0.25, 0.3) is 0 Å². The number of hydrogen-bond acceptors (Lipinski definition) is 3. The van der Waals surface area contributed by atoms with Gasteiger partial charge in [-0.05, 0) is 42.0 Å². The van der Waals surface area contributed by atoms with E-state index in [0.717, 1.165) is 10.0 Å². The van der Waals surface area contributed by atoms with Gasteiger partial charge < -0.3 is 10.5 Å². The van der Waals surface area contributed by atoms with Gasteiger partial charge in [-0.1, -0.05) is 27.5 Å². The van der Waals surface area contributed by atoms with Gasteiger partial charge in [-0.2, -0.15) is 0 Å². The Morgan fingerprint density at radius 3 is 2.70 bits per heavy atom. The molecule has 2 aromatic carbocycles. The smallest absolute Gasteiger partial charge is 0.167 e. The van der Waals surface area contributed by atoms with Crippen molar-refractivity contribution >= 4 is 39.0 Å². The Bertz CT molecular complexity index is 658. The lowest BCUT2D eigenvalue weighted by Gasteiger charge is -2.08. The van der Waals surface area contributed by atoms with Gasteiger partial charge in [-0.3, -0.25) is 4.79 Å². The highest BCUT2D eigenvalue weighted by Gasteiger charge is 2.11. The summed E-state index contributed by atoms with van der Waals surface area (Å²) in [5.41, 5.74) is 7.53. The van der Waals surface area contributed by atoms with Crippen molar-refractivity contribution in [3.8, 4) is 5.75 Å². The van der Waals surface area contributed by atoms with E-state index >= 15 is 0 Å². The first kappa shape index (κ1) is 14.9. The fraction of sp³-hybridized carbons (Fsp3) is 0.133. The summed E-state index contributed by atoms with van der Waals surface area (Å²) >= 11 is 9.28. The molecule has 0 radical (unpaired) electrons. The molecule has 0 bridgehead atoms. The Kier molecular flexibility index (Phi) is 4.68. The maximum atomic E-state index is 12.3. The maximum absolute atomic E-state index is 12.3. The van der Waals surface area contributed by atoms with Gasteiger partial charge in [0, 0.05) is 16.5 Å². The molecular weight excluding hydrogens is 342 g/mol. The Balaban J connectivity index is 2.25. The molecule has 2 N–H and O–H groups in total. The summed E-state index contributed by atoms with van der Waals surface area (Å²) in [5.74, 6) is 0.689. The van der Waals surface area contributed by atoms with E-state index in [2.05, 4.69) is 15.9 Å². The van der Waals surface area contributed by atoms with E-state index in [9.17, 15) is 4.79 Å². The van der Waals surface area contributed by atoms with E-state index in [4.69, 9.17) is 22.1 Å². The number of methoxy groups -OCH3 is 1. The summed E-state index contributed by atoms with van der Waals surface area (Å²) in [5, 5.41) is 0.448. The van der Waals surface area contributed by atoms with Crippen LogP contribution >= 0.6 is 27.5 Å². The maximum Gasteiger partial charge on any atom is 0.167 e. The highest BCUT2D eigenvalue weighted by Crippen LogP contribution is 2.25. The molecule has 5 heteroatoms. The number of rotatable bonds is 4. The fourth-order valence-corrected chi connectivity index (χ4v) is 2.31. The summed E-state index contributed by atoms with van der Waals surface area (Å²) in [6.07, 6.45) is 0.263.